The Morgan fingerprint density at radius 2 is 2.00 bits per heavy atom. The van der Waals surface area contributed by atoms with Crippen molar-refractivity contribution in [3.63, 3.8) is 0 Å². The fourth-order valence-electron chi connectivity index (χ4n) is 2.36. The maximum Gasteiger partial charge on any atom is 0.269 e. The monoisotopic (exact) mass is 458 g/mol. The normalized spacial score (nSPS) is 10.9. The lowest BCUT2D eigenvalue weighted by atomic mass is 10.2. The third-order valence-corrected chi connectivity index (χ3v) is 5.60. The molecule has 0 aliphatic carbocycles. The number of thioether (sulfide) groups is 2. The summed E-state index contributed by atoms with van der Waals surface area (Å²) in [4.78, 5) is 23.4. The van der Waals surface area contributed by atoms with Gasteiger partial charge in [-0.3, -0.25) is 14.9 Å². The summed E-state index contributed by atoms with van der Waals surface area (Å²) in [5.41, 5.74) is 4.04. The Balaban J connectivity index is 1.53. The van der Waals surface area contributed by atoms with E-state index < -0.39 is 4.92 Å². The van der Waals surface area contributed by atoms with E-state index in [1.165, 1.54) is 23.0 Å². The second-order valence-electron chi connectivity index (χ2n) is 5.93. The van der Waals surface area contributed by atoms with Crippen LogP contribution in [0.15, 0.2) is 63.7 Å². The third-order valence-electron chi connectivity index (χ3n) is 3.86. The highest BCUT2D eigenvalue weighted by molar-refractivity contribution is 7.99. The minimum atomic E-state index is -0.475. The second kappa shape index (κ2) is 10.4. The molecule has 0 fully saturated rings. The molecule has 1 aromatic heterocycles. The summed E-state index contributed by atoms with van der Waals surface area (Å²) in [6, 6.07) is 13.4. The molecule has 2 aromatic carbocycles. The molecular weight excluding hydrogens is 440 g/mol. The number of anilines is 2. The van der Waals surface area contributed by atoms with Gasteiger partial charge < -0.3 is 11.2 Å². The summed E-state index contributed by atoms with van der Waals surface area (Å²) in [5, 5.41) is 25.7. The number of nitrogens with two attached hydrogens (primary N) is 1. The van der Waals surface area contributed by atoms with Crippen molar-refractivity contribution in [2.24, 2.45) is 5.10 Å². The maximum atomic E-state index is 12.2. The lowest BCUT2D eigenvalue weighted by molar-refractivity contribution is -0.384. The van der Waals surface area contributed by atoms with Crippen LogP contribution in [0.25, 0.3) is 0 Å². The van der Waals surface area contributed by atoms with Gasteiger partial charge in [-0.15, -0.1) is 22.0 Å². The van der Waals surface area contributed by atoms with Crippen LogP contribution in [0.2, 0.25) is 0 Å². The van der Waals surface area contributed by atoms with E-state index in [2.05, 4.69) is 26.0 Å². The lowest BCUT2D eigenvalue weighted by Crippen LogP contribution is -2.17. The zero-order valence-corrected chi connectivity index (χ0v) is 17.9. The number of carbonyl (C=O) groups is 1. The predicted molar refractivity (Wildman–Crippen MR) is 122 cm³/mol. The first-order valence-electron chi connectivity index (χ1n) is 8.77. The zero-order chi connectivity index (χ0) is 22.2. The Kier molecular flexibility index (Phi) is 7.45. The number of amides is 1. The van der Waals surface area contributed by atoms with Crippen molar-refractivity contribution < 1.29 is 9.72 Å². The molecule has 0 spiro atoms. The SMILES string of the molecule is CSc1ccccc1NC(=O)CSc1nnc(N/N=C/c2ccc([N+](=O)[O-])cc2)n1N. The number of aromatic nitrogens is 3. The highest BCUT2D eigenvalue weighted by atomic mass is 32.2. The topological polar surface area (TPSA) is 153 Å². The fraction of sp³-hybridized carbons (Fsp3) is 0.111. The molecule has 0 aliphatic heterocycles. The number of non-ortho nitro benzene ring substituents is 1. The summed E-state index contributed by atoms with van der Waals surface area (Å²) in [6.07, 6.45) is 3.40. The zero-order valence-electron chi connectivity index (χ0n) is 16.3. The number of rotatable bonds is 9. The molecule has 13 heteroatoms. The predicted octanol–water partition coefficient (Wildman–Crippen LogP) is 2.80. The molecule has 31 heavy (non-hydrogen) atoms. The van der Waals surface area contributed by atoms with Crippen molar-refractivity contribution in [3.05, 3.63) is 64.2 Å². The first kappa shape index (κ1) is 22.1. The van der Waals surface area contributed by atoms with Crippen LogP contribution in [0.3, 0.4) is 0 Å². The molecule has 1 amide bonds. The van der Waals surface area contributed by atoms with Gasteiger partial charge in [-0.25, -0.2) is 10.1 Å². The van der Waals surface area contributed by atoms with Gasteiger partial charge in [0.15, 0.2) is 0 Å². The molecule has 160 valence electrons. The Morgan fingerprint density at radius 1 is 1.26 bits per heavy atom. The molecule has 0 aliphatic rings. The fourth-order valence-corrected chi connectivity index (χ4v) is 3.57. The Labute approximate surface area is 185 Å². The van der Waals surface area contributed by atoms with E-state index in [4.69, 9.17) is 5.84 Å². The van der Waals surface area contributed by atoms with E-state index in [0.717, 1.165) is 22.3 Å². The lowest BCUT2D eigenvalue weighted by Gasteiger charge is -2.08. The highest BCUT2D eigenvalue weighted by Gasteiger charge is 2.13. The van der Waals surface area contributed by atoms with Gasteiger partial charge >= 0.3 is 0 Å². The molecule has 11 nitrogen and oxygen atoms in total. The number of hydrogen-bond acceptors (Lipinski definition) is 10. The minimum absolute atomic E-state index is 0.00514. The second-order valence-corrected chi connectivity index (χ2v) is 7.72. The quantitative estimate of drug-likeness (QED) is 0.144. The Morgan fingerprint density at radius 3 is 2.71 bits per heavy atom. The molecule has 3 rings (SSSR count). The van der Waals surface area contributed by atoms with E-state index in [0.29, 0.717) is 10.7 Å². The van der Waals surface area contributed by atoms with Gasteiger partial charge in [0.25, 0.3) is 11.6 Å². The van der Waals surface area contributed by atoms with Gasteiger partial charge in [-0.05, 0) is 36.1 Å². The number of para-hydroxylation sites is 1. The van der Waals surface area contributed by atoms with Crippen LogP contribution < -0.4 is 16.6 Å². The summed E-state index contributed by atoms with van der Waals surface area (Å²) < 4.78 is 1.18. The van der Waals surface area contributed by atoms with Crippen molar-refractivity contribution >= 4 is 53.0 Å². The number of hydrogen-bond donors (Lipinski definition) is 3. The van der Waals surface area contributed by atoms with Gasteiger partial charge in [0, 0.05) is 17.0 Å². The van der Waals surface area contributed by atoms with Gasteiger partial charge in [-0.1, -0.05) is 23.9 Å². The van der Waals surface area contributed by atoms with Crippen molar-refractivity contribution in [1.29, 1.82) is 0 Å². The van der Waals surface area contributed by atoms with Crippen molar-refractivity contribution in [2.45, 2.75) is 10.1 Å². The minimum Gasteiger partial charge on any atom is -0.334 e. The summed E-state index contributed by atoms with van der Waals surface area (Å²) in [6.45, 7) is 0. The molecular formula is C18H18N8O3S2. The van der Waals surface area contributed by atoms with Crippen LogP contribution in [-0.2, 0) is 4.79 Å². The van der Waals surface area contributed by atoms with Crippen LogP contribution in [-0.4, -0.2) is 43.9 Å². The van der Waals surface area contributed by atoms with Crippen molar-refractivity contribution in [1.82, 2.24) is 14.9 Å². The number of nitrogen functional groups attached to an aromatic ring is 1. The number of nitrogens with zero attached hydrogens (tertiary/aromatic N) is 5. The van der Waals surface area contributed by atoms with E-state index in [-0.39, 0.29) is 23.3 Å². The van der Waals surface area contributed by atoms with Crippen LogP contribution in [0.4, 0.5) is 17.3 Å². The van der Waals surface area contributed by atoms with Crippen LogP contribution >= 0.6 is 23.5 Å². The number of carbonyl (C=O) groups excluding carboxylic acids is 1. The van der Waals surface area contributed by atoms with Crippen LogP contribution in [0.5, 0.6) is 0 Å². The molecule has 4 N–H and O–H groups in total. The van der Waals surface area contributed by atoms with Crippen molar-refractivity contribution in [2.75, 3.05) is 28.6 Å². The molecule has 0 saturated heterocycles. The molecule has 1 heterocycles. The van der Waals surface area contributed by atoms with Gasteiger partial charge in [0.05, 0.1) is 22.6 Å². The van der Waals surface area contributed by atoms with Crippen LogP contribution in [0, 0.1) is 10.1 Å². The van der Waals surface area contributed by atoms with Gasteiger partial charge in [-0.2, -0.15) is 5.10 Å². The van der Waals surface area contributed by atoms with Gasteiger partial charge in [0.2, 0.25) is 11.1 Å². The maximum absolute atomic E-state index is 12.2. The summed E-state index contributed by atoms with van der Waals surface area (Å²) in [7, 11) is 0. The first-order chi connectivity index (χ1) is 15.0. The largest absolute Gasteiger partial charge is 0.334 e. The van der Waals surface area contributed by atoms with Gasteiger partial charge in [0.1, 0.15) is 0 Å². The number of nitro benzene ring substituents is 1. The molecule has 0 saturated carbocycles. The number of nitro groups is 1. The Hall–Kier alpha value is -3.58. The van der Waals surface area contributed by atoms with Crippen molar-refractivity contribution in [3.8, 4) is 0 Å². The van der Waals surface area contributed by atoms with E-state index in [9.17, 15) is 14.9 Å². The molecule has 0 bridgehead atoms. The smallest absolute Gasteiger partial charge is 0.269 e. The molecule has 3 aromatic rings. The molecule has 0 unspecified atom stereocenters. The number of benzene rings is 2. The third kappa shape index (κ3) is 5.96. The average Bonchev–Trinajstić information content (AvgIpc) is 3.12. The van der Waals surface area contributed by atoms with Crippen LogP contribution in [0.1, 0.15) is 5.56 Å². The standard InChI is InChI=1S/C18H18N8O3S2/c1-30-15-5-3-2-4-14(15)21-16(27)11-31-18-24-23-17(25(18)19)22-20-10-12-6-8-13(9-7-12)26(28)29/h2-10H,11,19H2,1H3,(H,21,27)(H,22,23)/b20-10+. The molecule has 0 radical (unpaired) electrons. The van der Waals surface area contributed by atoms with E-state index in [1.807, 2.05) is 30.5 Å². The average molecular weight is 459 g/mol. The first-order valence-corrected chi connectivity index (χ1v) is 11.0. The summed E-state index contributed by atoms with van der Waals surface area (Å²) >= 11 is 2.68. The Bertz CT molecular complexity index is 1100. The summed E-state index contributed by atoms with van der Waals surface area (Å²) in [5.74, 6) is 6.03. The molecule has 0 atom stereocenters. The number of nitrogens with one attached hydrogen (secondary N) is 2. The van der Waals surface area contributed by atoms with E-state index >= 15 is 0 Å². The number of hydrazone groups is 1. The van der Waals surface area contributed by atoms with E-state index in [1.54, 1.807) is 23.9 Å². The highest BCUT2D eigenvalue weighted by Crippen LogP contribution is 2.25.